The molecule has 2 N–H and O–H groups in total. The minimum absolute atomic E-state index is 0.568. The summed E-state index contributed by atoms with van der Waals surface area (Å²) in [6.07, 6.45) is 4.82. The third kappa shape index (κ3) is 2.48. The van der Waals surface area contributed by atoms with Crippen LogP contribution in [0.4, 0.5) is 5.95 Å². The van der Waals surface area contributed by atoms with Gasteiger partial charge in [0, 0.05) is 12.7 Å². The Bertz CT molecular complexity index is 682. The second-order valence-electron chi connectivity index (χ2n) is 3.63. The molecule has 0 atom stereocenters. The average Bonchev–Trinajstić information content (AvgIpc) is 2.89. The maximum Gasteiger partial charge on any atom is 0.225 e. The minimum atomic E-state index is 0.568. The van der Waals surface area contributed by atoms with Gasteiger partial charge in [-0.05, 0) is 24.8 Å². The van der Waals surface area contributed by atoms with Gasteiger partial charge >= 0.3 is 0 Å². The number of rotatable bonds is 4. The molecule has 96 valence electrons. The summed E-state index contributed by atoms with van der Waals surface area (Å²) in [5.74, 6) is 0.568. The predicted octanol–water partition coefficient (Wildman–Crippen LogP) is 1.73. The van der Waals surface area contributed by atoms with Crippen LogP contribution in [-0.2, 0) is 0 Å². The van der Waals surface area contributed by atoms with Gasteiger partial charge in [0.25, 0.3) is 0 Å². The van der Waals surface area contributed by atoms with E-state index >= 15 is 0 Å². The summed E-state index contributed by atoms with van der Waals surface area (Å²) >= 11 is 1.45. The highest BCUT2D eigenvalue weighted by Gasteiger charge is 2.11. The molecule has 0 saturated heterocycles. The van der Waals surface area contributed by atoms with E-state index in [9.17, 15) is 0 Å². The SMILES string of the molecule is CCNc1nc(Sc2ccncn2)c2[nH]cnc2n1. The van der Waals surface area contributed by atoms with Crippen molar-refractivity contribution in [1.82, 2.24) is 29.9 Å². The Hall–Kier alpha value is -2.22. The number of nitrogens with zero attached hydrogens (tertiary/aromatic N) is 5. The molecule has 8 heteroatoms. The van der Waals surface area contributed by atoms with Crippen LogP contribution in [0, 0.1) is 0 Å². The second kappa shape index (κ2) is 5.19. The van der Waals surface area contributed by atoms with Crippen molar-refractivity contribution < 1.29 is 0 Å². The van der Waals surface area contributed by atoms with Crippen LogP contribution in [0.15, 0.2) is 35.0 Å². The van der Waals surface area contributed by atoms with E-state index in [0.717, 1.165) is 22.1 Å². The average molecular weight is 273 g/mol. The molecule has 7 nitrogen and oxygen atoms in total. The zero-order chi connectivity index (χ0) is 13.1. The van der Waals surface area contributed by atoms with E-state index in [4.69, 9.17) is 0 Å². The normalized spacial score (nSPS) is 10.8. The van der Waals surface area contributed by atoms with Gasteiger partial charge in [0.1, 0.15) is 21.9 Å². The first-order chi connectivity index (χ1) is 9.36. The van der Waals surface area contributed by atoms with Crippen LogP contribution in [-0.4, -0.2) is 36.4 Å². The van der Waals surface area contributed by atoms with Crippen LogP contribution >= 0.6 is 11.8 Å². The molecule has 0 aromatic carbocycles. The summed E-state index contributed by atoms with van der Waals surface area (Å²) in [5.41, 5.74) is 1.45. The van der Waals surface area contributed by atoms with Gasteiger partial charge in [-0.1, -0.05) is 0 Å². The zero-order valence-corrected chi connectivity index (χ0v) is 11.0. The van der Waals surface area contributed by atoms with E-state index < -0.39 is 0 Å². The Labute approximate surface area is 113 Å². The molecule has 0 spiro atoms. The van der Waals surface area contributed by atoms with Crippen LogP contribution in [0.25, 0.3) is 11.2 Å². The van der Waals surface area contributed by atoms with Crippen molar-refractivity contribution >= 4 is 28.9 Å². The lowest BCUT2D eigenvalue weighted by Crippen LogP contribution is -2.03. The molecule has 0 aliphatic carbocycles. The summed E-state index contributed by atoms with van der Waals surface area (Å²) in [6.45, 7) is 2.75. The standard InChI is InChI=1S/C11H11N7S/c1-2-13-11-17-9-8(15-6-16-9)10(18-11)19-7-3-4-12-5-14-7/h3-6H,2H2,1H3,(H2,13,15,16,17,18). The van der Waals surface area contributed by atoms with E-state index in [-0.39, 0.29) is 0 Å². The number of nitrogens with one attached hydrogen (secondary N) is 2. The van der Waals surface area contributed by atoms with Gasteiger partial charge in [-0.3, -0.25) is 0 Å². The van der Waals surface area contributed by atoms with Crippen LogP contribution in [0.1, 0.15) is 6.92 Å². The smallest absolute Gasteiger partial charge is 0.225 e. The number of fused-ring (bicyclic) bond motifs is 1. The van der Waals surface area contributed by atoms with Gasteiger partial charge in [0.15, 0.2) is 5.65 Å². The molecule has 0 amide bonds. The first-order valence-electron chi connectivity index (χ1n) is 5.75. The fraction of sp³-hybridized carbons (Fsp3) is 0.182. The Morgan fingerprint density at radius 1 is 1.32 bits per heavy atom. The Morgan fingerprint density at radius 3 is 3.05 bits per heavy atom. The highest BCUT2D eigenvalue weighted by atomic mass is 32.2. The highest BCUT2D eigenvalue weighted by molar-refractivity contribution is 7.99. The first kappa shape index (κ1) is 11.8. The van der Waals surface area contributed by atoms with Crippen molar-refractivity contribution in [3.63, 3.8) is 0 Å². The van der Waals surface area contributed by atoms with Crippen LogP contribution in [0.2, 0.25) is 0 Å². The van der Waals surface area contributed by atoms with Gasteiger partial charge in [-0.25, -0.2) is 19.9 Å². The lowest BCUT2D eigenvalue weighted by atomic mass is 10.5. The summed E-state index contributed by atoms with van der Waals surface area (Å²) in [4.78, 5) is 24.1. The van der Waals surface area contributed by atoms with Crippen molar-refractivity contribution in [3.8, 4) is 0 Å². The van der Waals surface area contributed by atoms with Crippen molar-refractivity contribution in [3.05, 3.63) is 24.9 Å². The Balaban J connectivity index is 2.03. The molecule has 3 rings (SSSR count). The quantitative estimate of drug-likeness (QED) is 0.699. The molecule has 0 aliphatic heterocycles. The molecule has 3 heterocycles. The largest absolute Gasteiger partial charge is 0.354 e. The number of H-pyrrole nitrogens is 1. The Kier molecular flexibility index (Phi) is 3.23. The van der Waals surface area contributed by atoms with Gasteiger partial charge in [-0.2, -0.15) is 4.98 Å². The van der Waals surface area contributed by atoms with Crippen molar-refractivity contribution in [2.75, 3.05) is 11.9 Å². The molecule has 0 fully saturated rings. The molecule has 3 aromatic heterocycles. The van der Waals surface area contributed by atoms with Gasteiger partial charge in [-0.15, -0.1) is 0 Å². The lowest BCUT2D eigenvalue weighted by molar-refractivity contribution is 1.02. The van der Waals surface area contributed by atoms with Gasteiger partial charge < -0.3 is 10.3 Å². The van der Waals surface area contributed by atoms with Crippen LogP contribution in [0.3, 0.4) is 0 Å². The molecule has 3 aromatic rings. The molecule has 0 aliphatic rings. The van der Waals surface area contributed by atoms with Crippen molar-refractivity contribution in [1.29, 1.82) is 0 Å². The van der Waals surface area contributed by atoms with E-state index in [2.05, 4.69) is 35.2 Å². The molecule has 0 bridgehead atoms. The van der Waals surface area contributed by atoms with E-state index in [1.54, 1.807) is 12.5 Å². The van der Waals surface area contributed by atoms with E-state index in [0.29, 0.717) is 11.6 Å². The van der Waals surface area contributed by atoms with Gasteiger partial charge in [0.2, 0.25) is 5.95 Å². The minimum Gasteiger partial charge on any atom is -0.354 e. The van der Waals surface area contributed by atoms with Crippen molar-refractivity contribution in [2.45, 2.75) is 17.0 Å². The molecular weight excluding hydrogens is 262 g/mol. The number of anilines is 1. The number of hydrogen-bond donors (Lipinski definition) is 2. The molecule has 0 saturated carbocycles. The predicted molar refractivity (Wildman–Crippen MR) is 72.0 cm³/mol. The van der Waals surface area contributed by atoms with Crippen LogP contribution in [0.5, 0.6) is 0 Å². The topological polar surface area (TPSA) is 92.3 Å². The molecule has 19 heavy (non-hydrogen) atoms. The molecular formula is C11H11N7S. The van der Waals surface area contributed by atoms with Gasteiger partial charge in [0.05, 0.1) is 6.33 Å². The molecule has 0 unspecified atom stereocenters. The second-order valence-corrected chi connectivity index (χ2v) is 4.64. The third-order valence-corrected chi connectivity index (χ3v) is 3.28. The summed E-state index contributed by atoms with van der Waals surface area (Å²) in [5, 5.41) is 4.71. The monoisotopic (exact) mass is 273 g/mol. The number of hydrogen-bond acceptors (Lipinski definition) is 7. The Morgan fingerprint density at radius 2 is 2.26 bits per heavy atom. The maximum atomic E-state index is 4.47. The summed E-state index contributed by atoms with van der Waals surface area (Å²) < 4.78 is 0. The fourth-order valence-electron chi connectivity index (χ4n) is 1.56. The first-order valence-corrected chi connectivity index (χ1v) is 6.57. The number of aromatic nitrogens is 6. The summed E-state index contributed by atoms with van der Waals surface area (Å²) in [7, 11) is 0. The highest BCUT2D eigenvalue weighted by Crippen LogP contribution is 2.29. The lowest BCUT2D eigenvalue weighted by Gasteiger charge is -2.05. The molecule has 0 radical (unpaired) electrons. The maximum absolute atomic E-state index is 4.47. The summed E-state index contributed by atoms with van der Waals surface area (Å²) in [6, 6.07) is 1.84. The van der Waals surface area contributed by atoms with E-state index in [1.165, 1.54) is 18.1 Å². The number of aromatic amines is 1. The number of imidazole rings is 1. The van der Waals surface area contributed by atoms with Crippen molar-refractivity contribution in [2.24, 2.45) is 0 Å². The fourth-order valence-corrected chi connectivity index (χ4v) is 2.37. The third-order valence-electron chi connectivity index (χ3n) is 2.34. The van der Waals surface area contributed by atoms with E-state index in [1.807, 2.05) is 13.0 Å². The van der Waals surface area contributed by atoms with Crippen LogP contribution < -0.4 is 5.32 Å². The zero-order valence-electron chi connectivity index (χ0n) is 10.2.